The molecule has 31 heavy (non-hydrogen) atoms. The van der Waals surface area contributed by atoms with Crippen LogP contribution < -0.4 is 10.6 Å². The second kappa shape index (κ2) is 9.84. The molecule has 3 amide bonds. The van der Waals surface area contributed by atoms with Gasteiger partial charge in [0.1, 0.15) is 5.82 Å². The number of amides is 3. The van der Waals surface area contributed by atoms with E-state index in [9.17, 15) is 14.0 Å². The molecule has 0 bridgehead atoms. The average molecular weight is 425 g/mol. The van der Waals surface area contributed by atoms with Gasteiger partial charge in [0, 0.05) is 32.2 Å². The molecule has 0 saturated heterocycles. The second-order valence-electron chi connectivity index (χ2n) is 7.17. The molecule has 0 saturated carbocycles. The number of benzene rings is 2. The third kappa shape index (κ3) is 5.88. The van der Waals surface area contributed by atoms with E-state index < -0.39 is 5.91 Å². The summed E-state index contributed by atoms with van der Waals surface area (Å²) in [5, 5.41) is 9.31. The Morgan fingerprint density at radius 3 is 2.61 bits per heavy atom. The first-order valence-electron chi connectivity index (χ1n) is 9.77. The van der Waals surface area contributed by atoms with Gasteiger partial charge in [-0.2, -0.15) is 4.98 Å². The fourth-order valence-electron chi connectivity index (χ4n) is 2.77. The Hall–Kier alpha value is -3.75. The van der Waals surface area contributed by atoms with Crippen LogP contribution in [0.25, 0.3) is 0 Å². The number of carbonyl (C=O) groups is 2. The van der Waals surface area contributed by atoms with E-state index in [1.54, 1.807) is 19.2 Å². The van der Waals surface area contributed by atoms with Gasteiger partial charge in [-0.3, -0.25) is 4.79 Å². The average Bonchev–Trinajstić information content (AvgIpc) is 3.24. The molecular weight excluding hydrogens is 401 g/mol. The number of nitrogens with zero attached hydrogens (tertiary/aromatic N) is 3. The standard InChI is InChI=1S/C22H24FN5O3/c1-14-5-4-6-18(15(14)2)25-22(30)28(3)12-11-19-26-21(31-27-19)20(29)24-13-16-7-9-17(23)10-8-16/h4-10H,11-13H2,1-3H3,(H,24,29)(H,25,30). The van der Waals surface area contributed by atoms with Crippen LogP contribution in [0, 0.1) is 19.7 Å². The van der Waals surface area contributed by atoms with Gasteiger partial charge in [0.2, 0.25) is 0 Å². The van der Waals surface area contributed by atoms with Crippen LogP contribution in [0.1, 0.15) is 33.2 Å². The summed E-state index contributed by atoms with van der Waals surface area (Å²) in [4.78, 5) is 30.1. The van der Waals surface area contributed by atoms with E-state index in [0.717, 1.165) is 22.4 Å². The molecule has 0 aliphatic rings. The summed E-state index contributed by atoms with van der Waals surface area (Å²) >= 11 is 0. The minimum atomic E-state index is -0.524. The number of aromatic nitrogens is 2. The topological polar surface area (TPSA) is 100 Å². The lowest BCUT2D eigenvalue weighted by Crippen LogP contribution is -2.33. The molecule has 3 aromatic rings. The molecule has 1 aromatic heterocycles. The maximum atomic E-state index is 12.9. The summed E-state index contributed by atoms with van der Waals surface area (Å²) in [6.45, 7) is 4.48. The fraction of sp³-hybridized carbons (Fsp3) is 0.273. The van der Waals surface area contributed by atoms with Gasteiger partial charge in [-0.15, -0.1) is 0 Å². The Balaban J connectivity index is 1.48. The highest BCUT2D eigenvalue weighted by Crippen LogP contribution is 2.18. The van der Waals surface area contributed by atoms with E-state index >= 15 is 0 Å². The van der Waals surface area contributed by atoms with Crippen LogP contribution in [0.5, 0.6) is 0 Å². The van der Waals surface area contributed by atoms with E-state index in [2.05, 4.69) is 20.8 Å². The largest absolute Gasteiger partial charge is 0.344 e. The molecule has 0 spiro atoms. The molecule has 2 aromatic carbocycles. The predicted molar refractivity (Wildman–Crippen MR) is 113 cm³/mol. The quantitative estimate of drug-likeness (QED) is 0.604. The number of hydrogen-bond acceptors (Lipinski definition) is 5. The Labute approximate surface area is 179 Å². The van der Waals surface area contributed by atoms with Crippen molar-refractivity contribution in [2.24, 2.45) is 0 Å². The monoisotopic (exact) mass is 425 g/mol. The highest BCUT2D eigenvalue weighted by atomic mass is 19.1. The van der Waals surface area contributed by atoms with E-state index in [1.165, 1.54) is 17.0 Å². The van der Waals surface area contributed by atoms with Crippen molar-refractivity contribution in [3.8, 4) is 0 Å². The molecule has 162 valence electrons. The van der Waals surface area contributed by atoms with E-state index in [1.807, 2.05) is 32.0 Å². The summed E-state index contributed by atoms with van der Waals surface area (Å²) in [6, 6.07) is 11.3. The van der Waals surface area contributed by atoms with Crippen molar-refractivity contribution >= 4 is 17.6 Å². The van der Waals surface area contributed by atoms with Crippen molar-refractivity contribution in [1.82, 2.24) is 20.4 Å². The zero-order valence-electron chi connectivity index (χ0n) is 17.6. The molecule has 0 radical (unpaired) electrons. The molecule has 9 heteroatoms. The fourth-order valence-corrected chi connectivity index (χ4v) is 2.77. The molecule has 1 heterocycles. The van der Waals surface area contributed by atoms with Crippen molar-refractivity contribution in [3.63, 3.8) is 0 Å². The van der Waals surface area contributed by atoms with Gasteiger partial charge in [0.15, 0.2) is 5.82 Å². The van der Waals surface area contributed by atoms with Gasteiger partial charge in [-0.1, -0.05) is 29.4 Å². The number of halogens is 1. The van der Waals surface area contributed by atoms with E-state index in [-0.39, 0.29) is 24.3 Å². The third-order valence-electron chi connectivity index (χ3n) is 4.89. The summed E-state index contributed by atoms with van der Waals surface area (Å²) in [6.07, 6.45) is 0.325. The highest BCUT2D eigenvalue weighted by molar-refractivity contribution is 5.90. The number of urea groups is 1. The first kappa shape index (κ1) is 21.9. The molecule has 8 nitrogen and oxygen atoms in total. The molecule has 0 unspecified atom stereocenters. The normalized spacial score (nSPS) is 10.6. The summed E-state index contributed by atoms with van der Waals surface area (Å²) < 4.78 is 17.9. The van der Waals surface area contributed by atoms with Gasteiger partial charge < -0.3 is 20.1 Å². The SMILES string of the molecule is Cc1cccc(NC(=O)N(C)CCc2noc(C(=O)NCc3ccc(F)cc3)n2)c1C. The van der Waals surface area contributed by atoms with Crippen LogP contribution in [-0.2, 0) is 13.0 Å². The van der Waals surface area contributed by atoms with Crippen molar-refractivity contribution < 1.29 is 18.5 Å². The molecule has 3 rings (SSSR count). The van der Waals surface area contributed by atoms with Crippen LogP contribution in [-0.4, -0.2) is 40.6 Å². The first-order valence-corrected chi connectivity index (χ1v) is 9.77. The minimum absolute atomic E-state index is 0.167. The summed E-state index contributed by atoms with van der Waals surface area (Å²) in [5.74, 6) is -0.716. The van der Waals surface area contributed by atoms with Crippen molar-refractivity contribution in [2.75, 3.05) is 18.9 Å². The maximum absolute atomic E-state index is 12.9. The number of carbonyl (C=O) groups excluding carboxylic acids is 2. The van der Waals surface area contributed by atoms with Crippen LogP contribution in [0.2, 0.25) is 0 Å². The molecule has 0 atom stereocenters. The molecule has 0 aliphatic heterocycles. The molecule has 0 aliphatic carbocycles. The van der Waals surface area contributed by atoms with Crippen LogP contribution >= 0.6 is 0 Å². The van der Waals surface area contributed by atoms with Crippen LogP contribution in [0.15, 0.2) is 47.0 Å². The van der Waals surface area contributed by atoms with E-state index in [4.69, 9.17) is 4.52 Å². The van der Waals surface area contributed by atoms with Gasteiger partial charge >= 0.3 is 17.8 Å². The van der Waals surface area contributed by atoms with Gasteiger partial charge in [-0.25, -0.2) is 9.18 Å². The number of rotatable bonds is 7. The number of aryl methyl sites for hydroxylation is 1. The predicted octanol–water partition coefficient (Wildman–Crippen LogP) is 3.46. The highest BCUT2D eigenvalue weighted by Gasteiger charge is 2.16. The third-order valence-corrected chi connectivity index (χ3v) is 4.89. The molecular formula is C22H24FN5O3. The Morgan fingerprint density at radius 2 is 1.87 bits per heavy atom. The maximum Gasteiger partial charge on any atom is 0.321 e. The number of anilines is 1. The van der Waals surface area contributed by atoms with Gasteiger partial charge in [0.25, 0.3) is 0 Å². The molecule has 2 N–H and O–H groups in total. The summed E-state index contributed by atoms with van der Waals surface area (Å²) in [7, 11) is 1.66. The van der Waals surface area contributed by atoms with Crippen LogP contribution in [0.3, 0.4) is 0 Å². The van der Waals surface area contributed by atoms with Gasteiger partial charge in [0.05, 0.1) is 0 Å². The lowest BCUT2D eigenvalue weighted by molar-refractivity contribution is 0.0907. The van der Waals surface area contributed by atoms with Crippen LogP contribution in [0.4, 0.5) is 14.9 Å². The Bertz CT molecular complexity index is 1070. The van der Waals surface area contributed by atoms with Crippen molar-refractivity contribution in [2.45, 2.75) is 26.8 Å². The lowest BCUT2D eigenvalue weighted by atomic mass is 10.1. The minimum Gasteiger partial charge on any atom is -0.344 e. The second-order valence-corrected chi connectivity index (χ2v) is 7.17. The number of hydrogen-bond donors (Lipinski definition) is 2. The smallest absolute Gasteiger partial charge is 0.321 e. The number of nitrogens with one attached hydrogen (secondary N) is 2. The first-order chi connectivity index (χ1) is 14.8. The number of likely N-dealkylation sites (N-methyl/N-ethyl adjacent to an activating group) is 1. The zero-order chi connectivity index (χ0) is 22.4. The lowest BCUT2D eigenvalue weighted by Gasteiger charge is -2.18. The van der Waals surface area contributed by atoms with Crippen molar-refractivity contribution in [1.29, 1.82) is 0 Å². The van der Waals surface area contributed by atoms with Gasteiger partial charge in [-0.05, 0) is 48.7 Å². The zero-order valence-corrected chi connectivity index (χ0v) is 17.6. The van der Waals surface area contributed by atoms with Crippen molar-refractivity contribution in [3.05, 3.63) is 76.7 Å². The Morgan fingerprint density at radius 1 is 1.13 bits per heavy atom. The Kier molecular flexibility index (Phi) is 6.96. The molecule has 0 fully saturated rings. The van der Waals surface area contributed by atoms with E-state index in [0.29, 0.717) is 18.8 Å². The summed E-state index contributed by atoms with van der Waals surface area (Å²) in [5.41, 5.74) is 3.61.